The third-order valence-electron chi connectivity index (χ3n) is 7.09. The number of hydrogen-bond acceptors (Lipinski definition) is 1. The van der Waals surface area contributed by atoms with Crippen LogP contribution in [0.4, 0.5) is 0 Å². The average molecular weight is 533 g/mol. The molecule has 0 radical (unpaired) electrons. The molecule has 0 spiro atoms. The molecule has 0 atom stereocenters. The van der Waals surface area contributed by atoms with Crippen molar-refractivity contribution in [2.75, 3.05) is 0 Å². The molecule has 2 heteroatoms. The van der Waals surface area contributed by atoms with Crippen LogP contribution in [0, 0.1) is 46.8 Å². The first kappa shape index (κ1) is 16.9. The molecule has 0 aromatic carbocycles. The van der Waals surface area contributed by atoms with E-state index in [0.717, 1.165) is 17.8 Å². The molecule has 0 amide bonds. The summed E-state index contributed by atoms with van der Waals surface area (Å²) in [5.41, 5.74) is 0.0483. The molecule has 0 bridgehead atoms. The Morgan fingerprint density at radius 2 is 1.41 bits per heavy atom. The van der Waals surface area contributed by atoms with Gasteiger partial charge in [-0.15, -0.1) is 0 Å². The van der Waals surface area contributed by atoms with E-state index in [1.807, 2.05) is 0 Å². The van der Waals surface area contributed by atoms with Crippen LogP contribution in [-0.4, -0.2) is 0 Å². The summed E-state index contributed by atoms with van der Waals surface area (Å²) in [5.74, 6) is 3.58. The summed E-state index contributed by atoms with van der Waals surface area (Å²) in [6.07, 6.45) is 18.4. The molecular formula is C20H32CmN-. The monoisotopic (exact) mass is 529 g/mol. The summed E-state index contributed by atoms with van der Waals surface area (Å²) in [5, 5.41) is 9.86. The van der Waals surface area contributed by atoms with Crippen LogP contribution in [0.5, 0.6) is 0 Å². The minimum absolute atomic E-state index is 0. The van der Waals surface area contributed by atoms with E-state index in [1.165, 1.54) is 77.0 Å². The molecule has 0 unspecified atom stereocenters. The van der Waals surface area contributed by atoms with Crippen LogP contribution in [0.3, 0.4) is 0 Å². The molecule has 3 rings (SSSR count). The van der Waals surface area contributed by atoms with Gasteiger partial charge in [0.25, 0.3) is 0 Å². The average Bonchev–Trinajstić information content (AvgIpc) is 2.56. The maximum absolute atomic E-state index is 9.86. The predicted molar refractivity (Wildman–Crippen MR) is 87.4 cm³/mol. The Hall–Kier alpha value is -1.51. The first-order chi connectivity index (χ1) is 10.2. The van der Waals surface area contributed by atoms with Crippen molar-refractivity contribution < 1.29 is 0 Å². The molecule has 0 aromatic rings. The number of nitriles is 1. The first-order valence-electron chi connectivity index (χ1n) is 9.46. The second-order valence-corrected chi connectivity index (χ2v) is 8.27. The quantitative estimate of drug-likeness (QED) is 0.405. The maximum Gasteiger partial charge on any atom is 0.0692 e. The van der Waals surface area contributed by atoms with Crippen molar-refractivity contribution in [1.82, 2.24) is 0 Å². The first-order valence-corrected chi connectivity index (χ1v) is 9.46. The molecule has 0 aliphatic heterocycles. The van der Waals surface area contributed by atoms with E-state index in [-0.39, 0.29) is 5.41 Å². The van der Waals surface area contributed by atoms with Gasteiger partial charge in [-0.3, -0.25) is 0 Å². The van der Waals surface area contributed by atoms with E-state index in [9.17, 15) is 5.26 Å². The molecule has 0 heterocycles. The van der Waals surface area contributed by atoms with Gasteiger partial charge in [0, 0.05) is 0 Å². The van der Waals surface area contributed by atoms with Gasteiger partial charge in [-0.1, -0.05) is 32.6 Å². The van der Waals surface area contributed by atoms with Crippen molar-refractivity contribution in [3.8, 4) is 6.07 Å². The van der Waals surface area contributed by atoms with Gasteiger partial charge in [0.2, 0.25) is 0 Å². The van der Waals surface area contributed by atoms with Crippen molar-refractivity contribution in [2.24, 2.45) is 29.1 Å². The molecular weight excluding hydrogens is 501 g/mol. The van der Waals surface area contributed by atoms with E-state index in [0.29, 0.717) is 5.92 Å². The van der Waals surface area contributed by atoms with Crippen LogP contribution >= 0.6 is 0 Å². The molecule has 3 aliphatic carbocycles. The van der Waals surface area contributed by atoms with Crippen LogP contribution in [0.25, 0.3) is 0 Å². The Labute approximate surface area is 131 Å². The van der Waals surface area contributed by atoms with E-state index in [1.54, 1.807) is 0 Å². The summed E-state index contributed by atoms with van der Waals surface area (Å²) in [4.78, 5) is 0. The summed E-state index contributed by atoms with van der Waals surface area (Å²) in [6.45, 7) is 2.41. The molecule has 3 aliphatic rings. The predicted octanol–water partition coefficient (Wildman–Crippen LogP) is 5.91. The Morgan fingerprint density at radius 3 is 1.95 bits per heavy atom. The smallest absolute Gasteiger partial charge is 0.0692 e. The minimum atomic E-state index is 0. The molecule has 3 fully saturated rings. The SMILES string of the molecule is CC1CCC(C2CCC(C#N)(C3CC[CH-]CC3)CC2)CC1.[Cm]. The summed E-state index contributed by atoms with van der Waals surface area (Å²) >= 11 is 0. The van der Waals surface area contributed by atoms with Gasteiger partial charge < -0.3 is 6.42 Å². The third-order valence-corrected chi connectivity index (χ3v) is 7.09. The third kappa shape index (κ3) is 3.29. The van der Waals surface area contributed by atoms with Crippen LogP contribution in [-0.2, 0) is 0 Å². The molecule has 126 valence electrons. The Balaban J connectivity index is 0.00000176. The summed E-state index contributed by atoms with van der Waals surface area (Å²) < 4.78 is 0. The van der Waals surface area contributed by atoms with Gasteiger partial charge in [-0.25, -0.2) is 0 Å². The largest absolute Gasteiger partial charge is 0.328 e. The molecule has 22 heavy (non-hydrogen) atoms. The van der Waals surface area contributed by atoms with Crippen LogP contribution in [0.1, 0.15) is 84.0 Å². The second-order valence-electron chi connectivity index (χ2n) is 8.27. The summed E-state index contributed by atoms with van der Waals surface area (Å²) in [7, 11) is 0. The topological polar surface area (TPSA) is 23.8 Å². The standard InChI is InChI=1S/C20H32N.Cm/c1-16-7-9-17(10-8-16)18-11-13-20(15-21,14-12-18)19-5-3-2-4-6-19;/h2,16-19H,3-14H2,1H3;/q-1;. The molecule has 1 nitrogen and oxygen atoms in total. The number of rotatable bonds is 2. The second kappa shape index (κ2) is 7.17. The van der Waals surface area contributed by atoms with Crippen LogP contribution < -0.4 is 0 Å². The van der Waals surface area contributed by atoms with Gasteiger partial charge >= 0.3 is 0 Å². The van der Waals surface area contributed by atoms with Crippen molar-refractivity contribution in [3.05, 3.63) is 6.42 Å². The zero-order chi connectivity index (χ0) is 14.7. The van der Waals surface area contributed by atoms with Crippen LogP contribution in [0.2, 0.25) is 0 Å². The molecule has 0 N–H and O–H groups in total. The zero-order valence-electron chi connectivity index (χ0n) is 14.2. The Morgan fingerprint density at radius 1 is 0.864 bits per heavy atom. The van der Waals surface area contributed by atoms with Gasteiger partial charge in [-0.05, 0) is 62.2 Å². The van der Waals surface area contributed by atoms with E-state index < -0.39 is 0 Å². The van der Waals surface area contributed by atoms with Gasteiger partial charge in [0.05, 0.1) is 11.5 Å². The van der Waals surface area contributed by atoms with E-state index >= 15 is 0 Å². The molecule has 3 saturated carbocycles. The van der Waals surface area contributed by atoms with Crippen molar-refractivity contribution in [1.29, 1.82) is 5.26 Å². The van der Waals surface area contributed by atoms with Gasteiger partial charge in [0.1, 0.15) is 0 Å². The van der Waals surface area contributed by atoms with Gasteiger partial charge in [-0.2, -0.15) is 18.1 Å². The summed E-state index contributed by atoms with van der Waals surface area (Å²) in [6, 6.07) is 2.80. The fourth-order valence-electron chi connectivity index (χ4n) is 5.47. The van der Waals surface area contributed by atoms with Crippen molar-refractivity contribution in [2.45, 2.75) is 84.0 Å². The van der Waals surface area contributed by atoms with Gasteiger partial charge in [0.15, 0.2) is 0 Å². The van der Waals surface area contributed by atoms with E-state index in [4.69, 9.17) is 0 Å². The number of nitrogens with zero attached hydrogens (tertiary/aromatic N) is 1. The van der Waals surface area contributed by atoms with Crippen molar-refractivity contribution in [3.63, 3.8) is 0 Å². The zero-order valence-corrected chi connectivity index (χ0v) is 17.1. The normalized spacial score (nSPS) is 40.5. The Bertz CT molecular complexity index is 364. The fourth-order valence-corrected chi connectivity index (χ4v) is 5.47. The molecule has 0 saturated heterocycles. The number of hydrogen-bond donors (Lipinski definition) is 0. The van der Waals surface area contributed by atoms with Crippen molar-refractivity contribution >= 4 is 0 Å². The Kier molecular flexibility index (Phi) is 5.49. The maximum atomic E-state index is 9.86. The minimum Gasteiger partial charge on any atom is -0.328 e. The fraction of sp³-hybridized carbons (Fsp3) is 0.900. The van der Waals surface area contributed by atoms with Crippen LogP contribution in [0.15, 0.2) is 0 Å². The molecule has 0 aromatic heterocycles. The van der Waals surface area contributed by atoms with E-state index in [2.05, 4.69) is 19.4 Å².